The van der Waals surface area contributed by atoms with Crippen LogP contribution in [0.1, 0.15) is 36.1 Å². The zero-order valence-corrected chi connectivity index (χ0v) is 23.1. The number of rotatable bonds is 9. The van der Waals surface area contributed by atoms with Gasteiger partial charge < -0.3 is 34.3 Å². The van der Waals surface area contributed by atoms with Crippen molar-refractivity contribution in [1.29, 1.82) is 0 Å². The van der Waals surface area contributed by atoms with Gasteiger partial charge in [0, 0.05) is 19.0 Å². The number of anilines is 1. The molecule has 206 valence electrons. The number of ether oxygens (including phenoxy) is 5. The highest BCUT2D eigenvalue weighted by molar-refractivity contribution is 5.83. The summed E-state index contributed by atoms with van der Waals surface area (Å²) in [5, 5.41) is 6.28. The van der Waals surface area contributed by atoms with Crippen molar-refractivity contribution in [3.05, 3.63) is 69.4 Å². The molecule has 0 saturated heterocycles. The summed E-state index contributed by atoms with van der Waals surface area (Å²) in [6.45, 7) is 1.87. The van der Waals surface area contributed by atoms with Gasteiger partial charge in [0.1, 0.15) is 0 Å². The smallest absolute Gasteiger partial charge is 0.217 e. The summed E-state index contributed by atoms with van der Waals surface area (Å²) < 4.78 is 27.8. The Kier molecular flexibility index (Phi) is 8.49. The number of aryl methyl sites for hydroxylation is 1. The Morgan fingerprint density at radius 2 is 1.56 bits per heavy atom. The van der Waals surface area contributed by atoms with Gasteiger partial charge in [-0.2, -0.15) is 0 Å². The molecular formula is C30H34N2O7. The molecule has 0 aromatic heterocycles. The Bertz CT molecular complexity index is 1440. The number of fused-ring (bicyclic) bond motifs is 3. The predicted molar refractivity (Wildman–Crippen MR) is 150 cm³/mol. The number of hydrogen-bond acceptors (Lipinski definition) is 8. The highest BCUT2D eigenvalue weighted by Crippen LogP contribution is 2.50. The molecule has 0 unspecified atom stereocenters. The Labute approximate surface area is 228 Å². The van der Waals surface area contributed by atoms with Gasteiger partial charge in [-0.3, -0.25) is 9.59 Å². The number of carbonyl (C=O) groups excluding carboxylic acids is 1. The minimum Gasteiger partial charge on any atom is -0.493 e. The van der Waals surface area contributed by atoms with Crippen LogP contribution in [-0.2, 0) is 17.8 Å². The Balaban J connectivity index is 1.84. The van der Waals surface area contributed by atoms with E-state index in [1.807, 2.05) is 30.3 Å². The zero-order valence-electron chi connectivity index (χ0n) is 23.1. The van der Waals surface area contributed by atoms with Gasteiger partial charge in [0.05, 0.1) is 47.3 Å². The summed E-state index contributed by atoms with van der Waals surface area (Å²) in [5.41, 5.74) is 4.39. The van der Waals surface area contributed by atoms with E-state index in [2.05, 4.69) is 10.6 Å². The SMILES string of the molecule is COc1ccc(CNc2ccc3c(cc2=O)[C@@H](NC(C)=O)CCc2cc(OC)c(OC)c(OC)c2-3)cc1OC. The summed E-state index contributed by atoms with van der Waals surface area (Å²) in [7, 11) is 7.87. The van der Waals surface area contributed by atoms with Gasteiger partial charge in [0.2, 0.25) is 17.1 Å². The molecule has 1 aliphatic rings. The van der Waals surface area contributed by atoms with Crippen LogP contribution in [0.2, 0.25) is 0 Å². The van der Waals surface area contributed by atoms with Crippen LogP contribution in [0.25, 0.3) is 11.1 Å². The van der Waals surface area contributed by atoms with Gasteiger partial charge in [0.25, 0.3) is 0 Å². The maximum absolute atomic E-state index is 13.5. The summed E-state index contributed by atoms with van der Waals surface area (Å²) in [6, 6.07) is 12.4. The van der Waals surface area contributed by atoms with E-state index in [-0.39, 0.29) is 17.4 Å². The molecule has 1 atom stereocenters. The van der Waals surface area contributed by atoms with E-state index in [0.717, 1.165) is 22.3 Å². The lowest BCUT2D eigenvalue weighted by Crippen LogP contribution is -2.26. The van der Waals surface area contributed by atoms with E-state index in [9.17, 15) is 9.59 Å². The highest BCUT2D eigenvalue weighted by atomic mass is 16.5. The Morgan fingerprint density at radius 3 is 2.21 bits per heavy atom. The fraction of sp³-hybridized carbons (Fsp3) is 0.333. The van der Waals surface area contributed by atoms with Gasteiger partial charge in [-0.25, -0.2) is 0 Å². The Morgan fingerprint density at radius 1 is 0.846 bits per heavy atom. The van der Waals surface area contributed by atoms with Crippen LogP contribution in [0, 0.1) is 0 Å². The fourth-order valence-electron chi connectivity index (χ4n) is 5.04. The number of hydrogen-bond donors (Lipinski definition) is 2. The van der Waals surface area contributed by atoms with Crippen LogP contribution in [0.3, 0.4) is 0 Å². The molecule has 3 aromatic rings. The van der Waals surface area contributed by atoms with Gasteiger partial charge in [-0.05, 0) is 65.4 Å². The summed E-state index contributed by atoms with van der Waals surface area (Å²) in [4.78, 5) is 25.6. The van der Waals surface area contributed by atoms with E-state index in [1.54, 1.807) is 47.7 Å². The molecular weight excluding hydrogens is 500 g/mol. The van der Waals surface area contributed by atoms with Crippen molar-refractivity contribution in [3.8, 4) is 39.9 Å². The standard InChI is InChI=1S/C30H34N2O7/c1-17(33)32-22-10-8-19-14-27(37-4)29(38-5)30(39-6)28(19)20-9-11-23(24(34)15-21(20)22)31-16-18-7-12-25(35-2)26(13-18)36-3/h7,9,11-15,22H,8,10,16H2,1-6H3,(H,31,34)(H,32,33)/t22-/m0/s1. The van der Waals surface area contributed by atoms with Crippen molar-refractivity contribution >= 4 is 11.6 Å². The first-order chi connectivity index (χ1) is 18.8. The first-order valence-electron chi connectivity index (χ1n) is 12.6. The molecule has 9 heteroatoms. The molecule has 9 nitrogen and oxygen atoms in total. The monoisotopic (exact) mass is 534 g/mol. The first kappa shape index (κ1) is 27.6. The number of benzene rings is 2. The van der Waals surface area contributed by atoms with Gasteiger partial charge in [-0.15, -0.1) is 0 Å². The topological polar surface area (TPSA) is 104 Å². The molecule has 3 aromatic carbocycles. The third-order valence-electron chi connectivity index (χ3n) is 6.85. The number of nitrogens with one attached hydrogen (secondary N) is 2. The van der Waals surface area contributed by atoms with E-state index >= 15 is 0 Å². The van der Waals surface area contributed by atoms with Crippen LogP contribution < -0.4 is 39.7 Å². The fourth-order valence-corrected chi connectivity index (χ4v) is 5.04. The quantitative estimate of drug-likeness (QED) is 0.414. The van der Waals surface area contributed by atoms with Crippen LogP contribution in [-0.4, -0.2) is 41.5 Å². The molecule has 0 bridgehead atoms. The molecule has 0 spiro atoms. The van der Waals surface area contributed by atoms with Crippen LogP contribution >= 0.6 is 0 Å². The van der Waals surface area contributed by atoms with E-state index in [1.165, 1.54) is 6.92 Å². The molecule has 0 radical (unpaired) electrons. The highest BCUT2D eigenvalue weighted by Gasteiger charge is 2.29. The number of amides is 1. The van der Waals surface area contributed by atoms with Crippen molar-refractivity contribution in [2.24, 2.45) is 0 Å². The maximum Gasteiger partial charge on any atom is 0.217 e. The summed E-state index contributed by atoms with van der Waals surface area (Å²) >= 11 is 0. The lowest BCUT2D eigenvalue weighted by Gasteiger charge is -2.19. The minimum atomic E-state index is -0.370. The second-order valence-corrected chi connectivity index (χ2v) is 9.14. The summed E-state index contributed by atoms with van der Waals surface area (Å²) in [6.07, 6.45) is 1.23. The van der Waals surface area contributed by atoms with Crippen molar-refractivity contribution < 1.29 is 28.5 Å². The third-order valence-corrected chi connectivity index (χ3v) is 6.85. The van der Waals surface area contributed by atoms with Gasteiger partial charge in [0.15, 0.2) is 23.0 Å². The average molecular weight is 535 g/mol. The van der Waals surface area contributed by atoms with E-state index in [4.69, 9.17) is 23.7 Å². The molecule has 4 rings (SSSR count). The van der Waals surface area contributed by atoms with Crippen LogP contribution in [0.15, 0.2) is 47.3 Å². The second kappa shape index (κ2) is 12.0. The maximum atomic E-state index is 13.5. The van der Waals surface area contributed by atoms with Crippen molar-refractivity contribution in [2.45, 2.75) is 32.4 Å². The molecule has 2 N–H and O–H groups in total. The largest absolute Gasteiger partial charge is 0.493 e. The second-order valence-electron chi connectivity index (χ2n) is 9.14. The molecule has 0 heterocycles. The number of carbonyl (C=O) groups is 1. The molecule has 0 fully saturated rings. The predicted octanol–water partition coefficient (Wildman–Crippen LogP) is 4.49. The zero-order chi connectivity index (χ0) is 28.1. The first-order valence-corrected chi connectivity index (χ1v) is 12.6. The van der Waals surface area contributed by atoms with Crippen molar-refractivity contribution in [3.63, 3.8) is 0 Å². The molecule has 1 amide bonds. The minimum absolute atomic E-state index is 0.176. The molecule has 39 heavy (non-hydrogen) atoms. The lowest BCUT2D eigenvalue weighted by molar-refractivity contribution is -0.119. The summed E-state index contributed by atoms with van der Waals surface area (Å²) in [5.74, 6) is 2.58. The molecule has 1 aliphatic carbocycles. The lowest BCUT2D eigenvalue weighted by atomic mass is 9.95. The Hall–Kier alpha value is -4.40. The van der Waals surface area contributed by atoms with E-state index < -0.39 is 0 Å². The van der Waals surface area contributed by atoms with Crippen molar-refractivity contribution in [2.75, 3.05) is 40.9 Å². The van der Waals surface area contributed by atoms with Gasteiger partial charge >= 0.3 is 0 Å². The molecule has 0 saturated carbocycles. The average Bonchev–Trinajstić information content (AvgIpc) is 3.18. The van der Waals surface area contributed by atoms with Gasteiger partial charge in [-0.1, -0.05) is 12.1 Å². The number of methoxy groups -OCH3 is 5. The van der Waals surface area contributed by atoms with Crippen LogP contribution in [0.4, 0.5) is 5.69 Å². The normalized spacial score (nSPS) is 13.7. The van der Waals surface area contributed by atoms with Crippen LogP contribution in [0.5, 0.6) is 28.7 Å². The third kappa shape index (κ3) is 5.57. The van der Waals surface area contributed by atoms with E-state index in [0.29, 0.717) is 59.4 Å². The molecule has 0 aliphatic heterocycles. The van der Waals surface area contributed by atoms with Crippen molar-refractivity contribution in [1.82, 2.24) is 5.32 Å².